The van der Waals surface area contributed by atoms with E-state index in [4.69, 9.17) is 0 Å². The minimum Gasteiger partial charge on any atom is -0.322 e. The lowest BCUT2D eigenvalue weighted by atomic mass is 10.1. The van der Waals surface area contributed by atoms with Gasteiger partial charge in [-0.05, 0) is 98.5 Å². The minimum absolute atomic E-state index is 0.159. The first-order valence-electron chi connectivity index (χ1n) is 14.9. The van der Waals surface area contributed by atoms with Crippen LogP contribution in [0.25, 0.3) is 0 Å². The number of hydrogen-bond acceptors (Lipinski definition) is 6. The highest BCUT2D eigenvalue weighted by atomic mass is 16.2. The SMILES string of the molecule is O=C(Nc1ccc(C(=O)N2CCCCCC2=O)cc1)c1ccc(C(=O)Nc2ccc(C(=O)N3CCCCCC3=O)cc2)cc1. The second kappa shape index (κ2) is 13.9. The third-order valence-corrected chi connectivity index (χ3v) is 7.83. The summed E-state index contributed by atoms with van der Waals surface area (Å²) in [5.41, 5.74) is 2.39. The van der Waals surface area contributed by atoms with Crippen molar-refractivity contribution in [2.75, 3.05) is 23.7 Å². The van der Waals surface area contributed by atoms with Crippen LogP contribution in [0.2, 0.25) is 0 Å². The maximum absolute atomic E-state index is 12.8. The second-order valence-electron chi connectivity index (χ2n) is 11.0. The van der Waals surface area contributed by atoms with Crippen molar-refractivity contribution in [3.8, 4) is 0 Å². The molecule has 2 saturated heterocycles. The Labute approximate surface area is 255 Å². The maximum atomic E-state index is 12.8. The first-order chi connectivity index (χ1) is 21.3. The molecule has 5 rings (SSSR count). The molecule has 0 aliphatic carbocycles. The van der Waals surface area contributed by atoms with E-state index >= 15 is 0 Å². The number of carbonyl (C=O) groups excluding carboxylic acids is 6. The highest BCUT2D eigenvalue weighted by molar-refractivity contribution is 6.09. The van der Waals surface area contributed by atoms with Crippen molar-refractivity contribution in [3.63, 3.8) is 0 Å². The van der Waals surface area contributed by atoms with Gasteiger partial charge in [0.15, 0.2) is 0 Å². The molecule has 2 fully saturated rings. The molecule has 2 aliphatic rings. The number of hydrogen-bond donors (Lipinski definition) is 2. The molecule has 10 nitrogen and oxygen atoms in total. The summed E-state index contributed by atoms with van der Waals surface area (Å²) in [4.78, 5) is 78.3. The van der Waals surface area contributed by atoms with Crippen LogP contribution in [0.1, 0.15) is 92.8 Å². The average molecular weight is 595 g/mol. The van der Waals surface area contributed by atoms with Crippen LogP contribution in [0.3, 0.4) is 0 Å². The molecule has 6 amide bonds. The smallest absolute Gasteiger partial charge is 0.260 e. The molecule has 0 spiro atoms. The predicted molar refractivity (Wildman–Crippen MR) is 164 cm³/mol. The van der Waals surface area contributed by atoms with Crippen LogP contribution in [0, 0.1) is 0 Å². The lowest BCUT2D eigenvalue weighted by Gasteiger charge is -2.18. The van der Waals surface area contributed by atoms with Gasteiger partial charge in [-0.25, -0.2) is 0 Å². The Hall–Kier alpha value is -5.12. The third kappa shape index (κ3) is 7.26. The number of nitrogens with one attached hydrogen (secondary N) is 2. The van der Waals surface area contributed by atoms with Crippen molar-refractivity contribution in [2.45, 2.75) is 51.4 Å². The largest absolute Gasteiger partial charge is 0.322 e. The van der Waals surface area contributed by atoms with Gasteiger partial charge in [0, 0.05) is 59.6 Å². The van der Waals surface area contributed by atoms with Gasteiger partial charge < -0.3 is 10.6 Å². The quantitative estimate of drug-likeness (QED) is 0.373. The van der Waals surface area contributed by atoms with Crippen LogP contribution >= 0.6 is 0 Å². The molecule has 0 aromatic heterocycles. The Kier molecular flexibility index (Phi) is 9.59. The van der Waals surface area contributed by atoms with Crippen molar-refractivity contribution < 1.29 is 28.8 Å². The summed E-state index contributed by atoms with van der Waals surface area (Å²) in [6.07, 6.45) is 5.77. The average Bonchev–Trinajstić information content (AvgIpc) is 3.40. The Morgan fingerprint density at radius 2 is 0.795 bits per heavy atom. The van der Waals surface area contributed by atoms with Gasteiger partial charge in [0.25, 0.3) is 23.6 Å². The molecule has 2 heterocycles. The van der Waals surface area contributed by atoms with Crippen molar-refractivity contribution in [3.05, 3.63) is 95.1 Å². The fourth-order valence-corrected chi connectivity index (χ4v) is 5.28. The number of anilines is 2. The molecular formula is C34H34N4O6. The highest BCUT2D eigenvalue weighted by Gasteiger charge is 2.25. The molecule has 226 valence electrons. The number of nitrogens with zero attached hydrogens (tertiary/aromatic N) is 2. The predicted octanol–water partition coefficient (Wildman–Crippen LogP) is 5.28. The Morgan fingerprint density at radius 3 is 1.16 bits per heavy atom. The second-order valence-corrected chi connectivity index (χ2v) is 11.0. The van der Waals surface area contributed by atoms with E-state index in [1.54, 1.807) is 48.5 Å². The molecule has 2 N–H and O–H groups in total. The normalized spacial score (nSPS) is 15.6. The third-order valence-electron chi connectivity index (χ3n) is 7.83. The van der Waals surface area contributed by atoms with E-state index < -0.39 is 0 Å². The Bertz CT molecular complexity index is 1450. The molecule has 10 heteroatoms. The van der Waals surface area contributed by atoms with Crippen molar-refractivity contribution in [1.82, 2.24) is 9.80 Å². The zero-order valence-corrected chi connectivity index (χ0v) is 24.3. The maximum Gasteiger partial charge on any atom is 0.260 e. The fourth-order valence-electron chi connectivity index (χ4n) is 5.28. The summed E-state index contributed by atoms with van der Waals surface area (Å²) in [6, 6.07) is 18.9. The molecular weight excluding hydrogens is 560 g/mol. The van der Waals surface area contributed by atoms with Gasteiger partial charge in [0.2, 0.25) is 11.8 Å². The molecule has 0 atom stereocenters. The molecule has 2 aliphatic heterocycles. The number of benzene rings is 3. The van der Waals surface area contributed by atoms with Gasteiger partial charge in [-0.3, -0.25) is 38.6 Å². The lowest BCUT2D eigenvalue weighted by Crippen LogP contribution is -2.36. The molecule has 0 radical (unpaired) electrons. The summed E-state index contributed by atoms with van der Waals surface area (Å²) in [7, 11) is 0. The van der Waals surface area contributed by atoms with E-state index in [-0.39, 0.29) is 35.4 Å². The van der Waals surface area contributed by atoms with Crippen LogP contribution in [0.15, 0.2) is 72.8 Å². The van der Waals surface area contributed by atoms with E-state index in [9.17, 15) is 28.8 Å². The lowest BCUT2D eigenvalue weighted by molar-refractivity contribution is -0.129. The summed E-state index contributed by atoms with van der Waals surface area (Å²) in [5.74, 6) is -1.76. The van der Waals surface area contributed by atoms with Crippen LogP contribution in [-0.2, 0) is 9.59 Å². The van der Waals surface area contributed by atoms with Gasteiger partial charge in [-0.15, -0.1) is 0 Å². The van der Waals surface area contributed by atoms with E-state index in [1.165, 1.54) is 34.1 Å². The molecule has 0 unspecified atom stereocenters. The topological polar surface area (TPSA) is 133 Å². The van der Waals surface area contributed by atoms with E-state index in [0.717, 1.165) is 38.5 Å². The molecule has 0 bridgehead atoms. The molecule has 3 aromatic rings. The fraction of sp³-hybridized carbons (Fsp3) is 0.294. The van der Waals surface area contributed by atoms with Gasteiger partial charge in [0.1, 0.15) is 0 Å². The van der Waals surface area contributed by atoms with Gasteiger partial charge in [0.05, 0.1) is 0 Å². The minimum atomic E-state index is -0.387. The summed E-state index contributed by atoms with van der Waals surface area (Å²) < 4.78 is 0. The summed E-state index contributed by atoms with van der Waals surface area (Å²) in [5, 5.41) is 5.54. The first kappa shape index (κ1) is 30.3. The number of rotatable bonds is 6. The standard InChI is InChI=1S/C34H34N4O6/c39-29-7-3-1-5-21-37(29)33(43)25-13-17-27(18-14-25)35-31(41)23-9-11-24(12-10-23)32(42)36-28-19-15-26(16-20-28)34(44)38-22-6-2-4-8-30(38)40/h9-20H,1-8,21-22H2,(H,35,41)(H,36,42). The van der Waals surface area contributed by atoms with Crippen LogP contribution in [0.5, 0.6) is 0 Å². The van der Waals surface area contributed by atoms with Crippen LogP contribution in [0.4, 0.5) is 11.4 Å². The zero-order valence-electron chi connectivity index (χ0n) is 24.3. The van der Waals surface area contributed by atoms with E-state index in [0.29, 0.717) is 59.6 Å². The van der Waals surface area contributed by atoms with Crippen LogP contribution in [-0.4, -0.2) is 58.3 Å². The van der Waals surface area contributed by atoms with E-state index in [1.807, 2.05) is 0 Å². The van der Waals surface area contributed by atoms with Gasteiger partial charge in [-0.2, -0.15) is 0 Å². The van der Waals surface area contributed by atoms with Crippen molar-refractivity contribution in [2.24, 2.45) is 0 Å². The molecule has 3 aromatic carbocycles. The van der Waals surface area contributed by atoms with Gasteiger partial charge in [-0.1, -0.05) is 12.8 Å². The zero-order chi connectivity index (χ0) is 31.1. The number of imide groups is 2. The molecule has 44 heavy (non-hydrogen) atoms. The number of amides is 6. The number of likely N-dealkylation sites (tertiary alicyclic amines) is 2. The van der Waals surface area contributed by atoms with Crippen LogP contribution < -0.4 is 10.6 Å². The molecule has 0 saturated carbocycles. The number of carbonyl (C=O) groups is 6. The highest BCUT2D eigenvalue weighted by Crippen LogP contribution is 2.19. The van der Waals surface area contributed by atoms with Crippen molar-refractivity contribution in [1.29, 1.82) is 0 Å². The first-order valence-corrected chi connectivity index (χ1v) is 14.9. The Morgan fingerprint density at radius 1 is 0.455 bits per heavy atom. The summed E-state index contributed by atoms with van der Waals surface area (Å²) in [6.45, 7) is 0.832. The van der Waals surface area contributed by atoms with E-state index in [2.05, 4.69) is 10.6 Å². The van der Waals surface area contributed by atoms with Gasteiger partial charge >= 0.3 is 0 Å². The van der Waals surface area contributed by atoms with Crippen molar-refractivity contribution >= 4 is 46.8 Å². The Balaban J connectivity index is 1.15. The summed E-state index contributed by atoms with van der Waals surface area (Å²) >= 11 is 0. The monoisotopic (exact) mass is 594 g/mol.